The van der Waals surface area contributed by atoms with E-state index >= 15 is 0 Å². The molecule has 0 aromatic carbocycles. The molecule has 1 fully saturated rings. The van der Waals surface area contributed by atoms with Crippen molar-refractivity contribution in [2.24, 2.45) is 5.41 Å². The normalized spacial score (nSPS) is 28.0. The van der Waals surface area contributed by atoms with Gasteiger partial charge in [-0.3, -0.25) is 4.90 Å². The maximum atomic E-state index is 10.3. The van der Waals surface area contributed by atoms with Gasteiger partial charge < -0.3 is 5.11 Å². The fraction of sp³-hybridized carbons (Fsp3) is 1.00. The van der Waals surface area contributed by atoms with E-state index in [0.29, 0.717) is 17.5 Å². The van der Waals surface area contributed by atoms with Gasteiger partial charge in [0.1, 0.15) is 0 Å². The van der Waals surface area contributed by atoms with Gasteiger partial charge in [-0.15, -0.1) is 0 Å². The predicted octanol–water partition coefficient (Wildman–Crippen LogP) is 3.83. The highest BCUT2D eigenvalue weighted by molar-refractivity contribution is 4.91. The van der Waals surface area contributed by atoms with Crippen LogP contribution >= 0.6 is 0 Å². The average molecular weight is 255 g/mol. The van der Waals surface area contributed by atoms with Crippen LogP contribution in [0.25, 0.3) is 0 Å². The Morgan fingerprint density at radius 1 is 1.28 bits per heavy atom. The number of hydrogen-bond acceptors (Lipinski definition) is 2. The predicted molar refractivity (Wildman–Crippen MR) is 78.8 cm³/mol. The molecule has 0 saturated heterocycles. The lowest BCUT2D eigenvalue weighted by atomic mass is 9.73. The van der Waals surface area contributed by atoms with Crippen LogP contribution in [0.5, 0.6) is 0 Å². The third-order valence-electron chi connectivity index (χ3n) is 4.43. The molecule has 0 heterocycles. The summed E-state index contributed by atoms with van der Waals surface area (Å²) in [6, 6.07) is 0.904. The number of aliphatic hydroxyl groups is 1. The van der Waals surface area contributed by atoms with Gasteiger partial charge in [-0.25, -0.2) is 0 Å². The van der Waals surface area contributed by atoms with Crippen LogP contribution in [0, 0.1) is 5.41 Å². The third kappa shape index (κ3) is 4.55. The Morgan fingerprint density at radius 2 is 1.94 bits per heavy atom. The van der Waals surface area contributed by atoms with Gasteiger partial charge in [-0.05, 0) is 51.5 Å². The summed E-state index contributed by atoms with van der Waals surface area (Å²) >= 11 is 0. The zero-order valence-electron chi connectivity index (χ0n) is 13.1. The van der Waals surface area contributed by atoms with E-state index in [2.05, 4.69) is 39.5 Å². The zero-order chi connectivity index (χ0) is 13.8. The largest absolute Gasteiger partial charge is 0.391 e. The summed E-state index contributed by atoms with van der Waals surface area (Å²) in [6.07, 6.45) is 6.97. The Balaban J connectivity index is 2.64. The number of nitrogens with zero attached hydrogens (tertiary/aromatic N) is 1. The highest BCUT2D eigenvalue weighted by atomic mass is 16.3. The lowest BCUT2D eigenvalue weighted by Gasteiger charge is -2.45. The molecule has 2 unspecified atom stereocenters. The van der Waals surface area contributed by atoms with E-state index in [4.69, 9.17) is 0 Å². The molecule has 1 saturated carbocycles. The molecule has 0 aromatic rings. The van der Waals surface area contributed by atoms with E-state index in [1.165, 1.54) is 19.3 Å². The van der Waals surface area contributed by atoms with Gasteiger partial charge in [0.25, 0.3) is 0 Å². The van der Waals surface area contributed by atoms with Crippen molar-refractivity contribution in [3.05, 3.63) is 0 Å². The Hall–Kier alpha value is -0.0800. The molecule has 0 amide bonds. The maximum absolute atomic E-state index is 10.3. The molecule has 0 bridgehead atoms. The highest BCUT2D eigenvalue weighted by Gasteiger charge is 2.37. The molecule has 2 atom stereocenters. The van der Waals surface area contributed by atoms with Gasteiger partial charge in [0.05, 0.1) is 6.10 Å². The van der Waals surface area contributed by atoms with Gasteiger partial charge in [0.2, 0.25) is 0 Å². The minimum absolute atomic E-state index is 0.123. The fourth-order valence-corrected chi connectivity index (χ4v) is 3.22. The summed E-state index contributed by atoms with van der Waals surface area (Å²) in [6.45, 7) is 12.6. The highest BCUT2D eigenvalue weighted by Crippen LogP contribution is 2.38. The van der Waals surface area contributed by atoms with E-state index in [1.807, 2.05) is 0 Å². The van der Waals surface area contributed by atoms with Gasteiger partial charge in [-0.2, -0.15) is 0 Å². The SMILES string of the molecule is CCCCCN(C(C)C)C1CC(C)(C)CCC1O. The van der Waals surface area contributed by atoms with Crippen LogP contribution in [0.4, 0.5) is 0 Å². The first-order valence-electron chi connectivity index (χ1n) is 7.81. The summed E-state index contributed by atoms with van der Waals surface area (Å²) in [7, 11) is 0. The molecule has 2 nitrogen and oxygen atoms in total. The van der Waals surface area contributed by atoms with Gasteiger partial charge in [0, 0.05) is 12.1 Å². The van der Waals surface area contributed by atoms with Crippen LogP contribution in [0.2, 0.25) is 0 Å². The van der Waals surface area contributed by atoms with Crippen LogP contribution in [0.3, 0.4) is 0 Å². The first kappa shape index (κ1) is 16.0. The van der Waals surface area contributed by atoms with Crippen LogP contribution in [-0.4, -0.2) is 34.7 Å². The average Bonchev–Trinajstić information content (AvgIpc) is 2.28. The maximum Gasteiger partial charge on any atom is 0.0695 e. The molecule has 0 spiro atoms. The third-order valence-corrected chi connectivity index (χ3v) is 4.43. The number of unbranched alkanes of at least 4 members (excludes halogenated alkanes) is 2. The first-order chi connectivity index (χ1) is 8.37. The summed E-state index contributed by atoms with van der Waals surface area (Å²) in [4.78, 5) is 2.54. The van der Waals surface area contributed by atoms with Crippen molar-refractivity contribution in [3.8, 4) is 0 Å². The number of hydrogen-bond donors (Lipinski definition) is 1. The van der Waals surface area contributed by atoms with Crippen molar-refractivity contribution >= 4 is 0 Å². The van der Waals surface area contributed by atoms with Crippen LogP contribution in [0.1, 0.15) is 73.1 Å². The van der Waals surface area contributed by atoms with Crippen molar-refractivity contribution in [1.82, 2.24) is 4.90 Å². The minimum atomic E-state index is -0.123. The quantitative estimate of drug-likeness (QED) is 0.729. The number of aliphatic hydroxyl groups excluding tert-OH is 1. The molecule has 0 aliphatic heterocycles. The van der Waals surface area contributed by atoms with Crippen molar-refractivity contribution in [2.45, 2.75) is 91.3 Å². The Kier molecular flexibility index (Phi) is 6.13. The monoisotopic (exact) mass is 255 g/mol. The molecule has 1 aliphatic rings. The van der Waals surface area contributed by atoms with Crippen LogP contribution in [0.15, 0.2) is 0 Å². The smallest absolute Gasteiger partial charge is 0.0695 e. The standard InChI is InChI=1S/C16H33NO/c1-6-7-8-11-17(13(2)3)14-12-16(4,5)10-9-15(14)18/h13-15,18H,6-12H2,1-5H3. The van der Waals surface area contributed by atoms with Crippen LogP contribution in [-0.2, 0) is 0 Å². The number of rotatable bonds is 6. The molecular weight excluding hydrogens is 222 g/mol. The molecule has 1 rings (SSSR count). The van der Waals surface area contributed by atoms with Gasteiger partial charge in [-0.1, -0.05) is 33.6 Å². The van der Waals surface area contributed by atoms with E-state index in [0.717, 1.165) is 25.8 Å². The lowest BCUT2D eigenvalue weighted by Crippen LogP contribution is -2.52. The second-order valence-electron chi connectivity index (χ2n) is 7.08. The van der Waals surface area contributed by atoms with Gasteiger partial charge in [0.15, 0.2) is 0 Å². The van der Waals surface area contributed by atoms with Crippen molar-refractivity contribution < 1.29 is 5.11 Å². The molecule has 2 heteroatoms. The van der Waals surface area contributed by atoms with Crippen molar-refractivity contribution in [2.75, 3.05) is 6.54 Å². The van der Waals surface area contributed by atoms with Crippen molar-refractivity contribution in [1.29, 1.82) is 0 Å². The molecule has 0 aromatic heterocycles. The molecule has 1 N–H and O–H groups in total. The molecule has 1 aliphatic carbocycles. The lowest BCUT2D eigenvalue weighted by molar-refractivity contribution is -0.0296. The zero-order valence-corrected chi connectivity index (χ0v) is 13.1. The molecule has 18 heavy (non-hydrogen) atoms. The summed E-state index contributed by atoms with van der Waals surface area (Å²) < 4.78 is 0. The van der Waals surface area contributed by atoms with Crippen molar-refractivity contribution in [3.63, 3.8) is 0 Å². The molecular formula is C16H33NO. The Bertz CT molecular complexity index is 237. The molecule has 0 radical (unpaired) electrons. The van der Waals surface area contributed by atoms with E-state index in [1.54, 1.807) is 0 Å². The summed E-state index contributed by atoms with van der Waals surface area (Å²) in [5, 5.41) is 10.3. The Morgan fingerprint density at radius 3 is 2.50 bits per heavy atom. The Labute approximate surface area is 114 Å². The first-order valence-corrected chi connectivity index (χ1v) is 7.81. The summed E-state index contributed by atoms with van der Waals surface area (Å²) in [5.74, 6) is 0. The summed E-state index contributed by atoms with van der Waals surface area (Å²) in [5.41, 5.74) is 0.391. The van der Waals surface area contributed by atoms with Gasteiger partial charge >= 0.3 is 0 Å². The minimum Gasteiger partial charge on any atom is -0.391 e. The second kappa shape index (κ2) is 6.91. The van der Waals surface area contributed by atoms with Crippen LogP contribution < -0.4 is 0 Å². The van der Waals surface area contributed by atoms with E-state index < -0.39 is 0 Å². The van der Waals surface area contributed by atoms with E-state index in [9.17, 15) is 5.11 Å². The second-order valence-corrected chi connectivity index (χ2v) is 7.08. The topological polar surface area (TPSA) is 23.5 Å². The van der Waals surface area contributed by atoms with E-state index in [-0.39, 0.29) is 6.10 Å². The fourth-order valence-electron chi connectivity index (χ4n) is 3.22. The molecule has 108 valence electrons.